The lowest BCUT2D eigenvalue weighted by atomic mass is 10.0. The van der Waals surface area contributed by atoms with Crippen LogP contribution in [0, 0.1) is 13.8 Å². The van der Waals surface area contributed by atoms with Crippen molar-refractivity contribution in [1.29, 1.82) is 0 Å². The third-order valence-corrected chi connectivity index (χ3v) is 5.36. The van der Waals surface area contributed by atoms with Crippen LogP contribution in [0.4, 0.5) is 4.79 Å². The molecule has 3 heterocycles. The van der Waals surface area contributed by atoms with Gasteiger partial charge < -0.3 is 24.5 Å². The van der Waals surface area contributed by atoms with Crippen LogP contribution >= 0.6 is 0 Å². The highest BCUT2D eigenvalue weighted by Crippen LogP contribution is 2.29. The molecule has 0 fully saturated rings. The van der Waals surface area contributed by atoms with E-state index in [0.717, 1.165) is 16.5 Å². The predicted octanol–water partition coefficient (Wildman–Crippen LogP) is 3.47. The number of nitrogens with one attached hydrogen (secondary N) is 2. The Kier molecular flexibility index (Phi) is 6.12. The van der Waals surface area contributed by atoms with Crippen molar-refractivity contribution in [1.82, 2.24) is 15.6 Å². The number of pyridine rings is 1. The van der Waals surface area contributed by atoms with Gasteiger partial charge in [-0.15, -0.1) is 0 Å². The van der Waals surface area contributed by atoms with E-state index in [1.165, 1.54) is 6.26 Å². The van der Waals surface area contributed by atoms with Crippen molar-refractivity contribution in [3.8, 4) is 0 Å². The number of hydrogen-bond donors (Lipinski definition) is 2. The van der Waals surface area contributed by atoms with E-state index < -0.39 is 24.0 Å². The molecule has 1 atom stereocenters. The first kappa shape index (κ1) is 22.1. The molecule has 1 aromatic carbocycles. The minimum absolute atomic E-state index is 0.101. The predicted molar refractivity (Wildman–Crippen MR) is 118 cm³/mol. The maximum absolute atomic E-state index is 13.0. The first-order chi connectivity index (χ1) is 15.9. The molecule has 0 saturated carbocycles. The maximum atomic E-state index is 13.0. The second-order valence-corrected chi connectivity index (χ2v) is 7.45. The number of hydrogen-bond acceptors (Lipinski definition) is 7. The number of nitrogens with zero attached hydrogens (tertiary/aromatic N) is 1. The summed E-state index contributed by atoms with van der Waals surface area (Å²) in [5.41, 5.74) is 2.61. The van der Waals surface area contributed by atoms with Crippen LogP contribution in [0.3, 0.4) is 0 Å². The summed E-state index contributed by atoms with van der Waals surface area (Å²) in [7, 11) is 0. The van der Waals surface area contributed by atoms with E-state index in [-0.39, 0.29) is 24.5 Å². The number of carbonyl (C=O) groups excluding carboxylic acids is 3. The molecule has 33 heavy (non-hydrogen) atoms. The number of benzene rings is 1. The smallest absolute Gasteiger partial charge is 0.340 e. The van der Waals surface area contributed by atoms with Gasteiger partial charge in [0.2, 0.25) is 0 Å². The Morgan fingerprint density at radius 3 is 2.61 bits per heavy atom. The number of urea groups is 1. The molecule has 9 nitrogen and oxygen atoms in total. The number of carbonyl (C=O) groups is 3. The third kappa shape index (κ3) is 4.30. The summed E-state index contributed by atoms with van der Waals surface area (Å²) >= 11 is 0. The van der Waals surface area contributed by atoms with Crippen molar-refractivity contribution in [2.75, 3.05) is 13.2 Å². The number of aromatic nitrogens is 1. The molecule has 2 N–H and O–H groups in total. The number of furan rings is 1. The van der Waals surface area contributed by atoms with Crippen LogP contribution in [-0.2, 0) is 14.3 Å². The van der Waals surface area contributed by atoms with Gasteiger partial charge in [0.15, 0.2) is 0 Å². The van der Waals surface area contributed by atoms with Gasteiger partial charge in [0.1, 0.15) is 18.4 Å². The summed E-state index contributed by atoms with van der Waals surface area (Å²) in [5, 5.41) is 6.04. The van der Waals surface area contributed by atoms with Crippen LogP contribution in [0.15, 0.2) is 58.3 Å². The average Bonchev–Trinajstić information content (AvgIpc) is 3.32. The van der Waals surface area contributed by atoms with Gasteiger partial charge in [0, 0.05) is 5.39 Å². The zero-order valence-corrected chi connectivity index (χ0v) is 18.4. The molecule has 0 saturated heterocycles. The Morgan fingerprint density at radius 2 is 1.88 bits per heavy atom. The van der Waals surface area contributed by atoms with Crippen LogP contribution < -0.4 is 10.6 Å². The molecule has 2 aromatic heterocycles. The van der Waals surface area contributed by atoms with Gasteiger partial charge in [-0.25, -0.2) is 14.4 Å². The van der Waals surface area contributed by atoms with E-state index in [1.807, 2.05) is 31.2 Å². The molecule has 0 aliphatic carbocycles. The molecule has 2 amide bonds. The van der Waals surface area contributed by atoms with Crippen molar-refractivity contribution >= 4 is 28.9 Å². The van der Waals surface area contributed by atoms with E-state index in [1.54, 1.807) is 26.0 Å². The molecule has 3 aromatic rings. The minimum Gasteiger partial charge on any atom is -0.467 e. The summed E-state index contributed by atoms with van der Waals surface area (Å²) in [4.78, 5) is 42.5. The first-order valence-electron chi connectivity index (χ1n) is 10.4. The van der Waals surface area contributed by atoms with Crippen molar-refractivity contribution in [2.45, 2.75) is 26.8 Å². The second kappa shape index (κ2) is 9.15. The molecule has 9 heteroatoms. The second-order valence-electron chi connectivity index (χ2n) is 7.45. The average molecular weight is 449 g/mol. The van der Waals surface area contributed by atoms with Gasteiger partial charge >= 0.3 is 18.0 Å². The zero-order valence-electron chi connectivity index (χ0n) is 18.4. The Hall–Kier alpha value is -4.14. The Morgan fingerprint density at radius 1 is 1.09 bits per heavy atom. The van der Waals surface area contributed by atoms with Crippen molar-refractivity contribution < 1.29 is 28.3 Å². The lowest BCUT2D eigenvalue weighted by Gasteiger charge is -2.27. The van der Waals surface area contributed by atoms with Gasteiger partial charge in [0.05, 0.1) is 40.9 Å². The highest BCUT2D eigenvalue weighted by atomic mass is 16.5. The molecule has 0 spiro atoms. The Balaban J connectivity index is 1.67. The molecule has 170 valence electrons. The highest BCUT2D eigenvalue weighted by Gasteiger charge is 2.36. The highest BCUT2D eigenvalue weighted by molar-refractivity contribution is 5.99. The van der Waals surface area contributed by atoms with Gasteiger partial charge in [-0.1, -0.05) is 18.2 Å². The normalized spacial score (nSPS) is 15.7. The number of aryl methyl sites for hydroxylation is 2. The summed E-state index contributed by atoms with van der Waals surface area (Å²) in [5.74, 6) is -0.916. The molecular weight excluding hydrogens is 426 g/mol. The maximum Gasteiger partial charge on any atom is 0.340 e. The number of fused-ring (bicyclic) bond motifs is 1. The quantitative estimate of drug-likeness (QED) is 0.553. The Bertz CT molecular complexity index is 1260. The van der Waals surface area contributed by atoms with E-state index in [2.05, 4.69) is 15.6 Å². The number of para-hydroxylation sites is 1. The summed E-state index contributed by atoms with van der Waals surface area (Å²) in [6, 6.07) is 9.34. The molecule has 0 radical (unpaired) electrons. The van der Waals surface area contributed by atoms with E-state index in [4.69, 9.17) is 13.9 Å². The molecule has 1 unspecified atom stereocenters. The van der Waals surface area contributed by atoms with Gasteiger partial charge in [0.25, 0.3) is 0 Å². The fraction of sp³-hybridized carbons (Fsp3) is 0.250. The molecular formula is C24H23N3O6. The summed E-state index contributed by atoms with van der Waals surface area (Å²) in [6.07, 6.45) is 1.43. The van der Waals surface area contributed by atoms with Gasteiger partial charge in [-0.2, -0.15) is 0 Å². The van der Waals surface area contributed by atoms with Crippen molar-refractivity contribution in [3.05, 3.63) is 76.5 Å². The van der Waals surface area contributed by atoms with Gasteiger partial charge in [-0.05, 0) is 44.5 Å². The molecule has 0 bridgehead atoms. The Labute approximate surface area is 189 Å². The number of esters is 2. The van der Waals surface area contributed by atoms with Crippen LogP contribution in [-0.4, -0.2) is 36.2 Å². The monoisotopic (exact) mass is 449 g/mol. The van der Waals surface area contributed by atoms with Crippen molar-refractivity contribution in [3.63, 3.8) is 0 Å². The zero-order chi connectivity index (χ0) is 23.5. The van der Waals surface area contributed by atoms with Crippen LogP contribution in [0.1, 0.15) is 40.3 Å². The topological polar surface area (TPSA) is 120 Å². The summed E-state index contributed by atoms with van der Waals surface area (Å²) in [6.45, 7) is 5.03. The van der Waals surface area contributed by atoms with Gasteiger partial charge in [-0.3, -0.25) is 4.98 Å². The SMILES string of the molecule is CCOC(=O)C1=C(COC(=O)c2c(C)nc3ccccc3c2C)NC(=O)NC1c1ccco1. The van der Waals surface area contributed by atoms with Crippen LogP contribution in [0.25, 0.3) is 10.9 Å². The summed E-state index contributed by atoms with van der Waals surface area (Å²) < 4.78 is 16.1. The molecule has 4 rings (SSSR count). The fourth-order valence-corrected chi connectivity index (χ4v) is 3.89. The number of amides is 2. The fourth-order valence-electron chi connectivity index (χ4n) is 3.89. The first-order valence-corrected chi connectivity index (χ1v) is 10.4. The third-order valence-electron chi connectivity index (χ3n) is 5.36. The van der Waals surface area contributed by atoms with E-state index in [0.29, 0.717) is 17.0 Å². The molecule has 1 aliphatic rings. The van der Waals surface area contributed by atoms with E-state index in [9.17, 15) is 14.4 Å². The number of ether oxygens (including phenoxy) is 2. The number of rotatable bonds is 6. The van der Waals surface area contributed by atoms with Crippen molar-refractivity contribution in [2.24, 2.45) is 0 Å². The largest absolute Gasteiger partial charge is 0.467 e. The van der Waals surface area contributed by atoms with Crippen LogP contribution in [0.5, 0.6) is 0 Å². The molecule has 1 aliphatic heterocycles. The lowest BCUT2D eigenvalue weighted by Crippen LogP contribution is -2.47. The lowest BCUT2D eigenvalue weighted by molar-refractivity contribution is -0.139. The standard InChI is InChI=1S/C24H23N3O6/c1-4-31-23(29)20-17(26-24(30)27-21(20)18-10-7-11-32-18)12-33-22(28)19-13(2)15-8-5-6-9-16(15)25-14(19)3/h5-11,21H,4,12H2,1-3H3,(H2,26,27,30). The van der Waals surface area contributed by atoms with E-state index >= 15 is 0 Å². The minimum atomic E-state index is -0.882. The van der Waals surface area contributed by atoms with Crippen LogP contribution in [0.2, 0.25) is 0 Å².